The quantitative estimate of drug-likeness (QED) is 0.717. The Balaban J connectivity index is 1.68. The summed E-state index contributed by atoms with van der Waals surface area (Å²) in [6.07, 6.45) is 0. The predicted octanol–water partition coefficient (Wildman–Crippen LogP) is 3.23. The van der Waals surface area contributed by atoms with Gasteiger partial charge in [0.15, 0.2) is 0 Å². The van der Waals surface area contributed by atoms with Crippen LogP contribution in [0.25, 0.3) is 10.6 Å². The number of rotatable bonds is 5. The van der Waals surface area contributed by atoms with Crippen LogP contribution in [-0.2, 0) is 6.54 Å². The highest BCUT2D eigenvalue weighted by Gasteiger charge is 2.06. The molecular weight excluding hydrogens is 322 g/mol. The molecule has 0 aliphatic rings. The van der Waals surface area contributed by atoms with Crippen LogP contribution in [0.15, 0.2) is 53.3 Å². The molecule has 0 radical (unpaired) electrons. The number of aromatic nitrogens is 2. The Morgan fingerprint density at radius 1 is 1.17 bits per heavy atom. The fourth-order valence-corrected chi connectivity index (χ4v) is 3.02. The zero-order valence-electron chi connectivity index (χ0n) is 13.1. The van der Waals surface area contributed by atoms with E-state index in [2.05, 4.69) is 11.2 Å². The van der Waals surface area contributed by atoms with E-state index in [1.807, 2.05) is 19.1 Å². The molecule has 0 fully saturated rings. The van der Waals surface area contributed by atoms with Gasteiger partial charge in [-0.25, -0.2) is 4.68 Å². The standard InChI is InChI=1S/C18H15N3O2S/c1-13-2-8-17(24-13)16-7-9-18(22)21(20-16)10-11-23-15-5-3-14(12-19)4-6-15/h2-9H,10-11H2,1H3. The van der Waals surface area contributed by atoms with Gasteiger partial charge in [0.2, 0.25) is 0 Å². The van der Waals surface area contributed by atoms with Crippen LogP contribution in [0.5, 0.6) is 5.75 Å². The number of benzene rings is 1. The summed E-state index contributed by atoms with van der Waals surface area (Å²) in [5.41, 5.74) is 1.21. The highest BCUT2D eigenvalue weighted by molar-refractivity contribution is 7.15. The molecule has 2 heterocycles. The number of nitrogens with zero attached hydrogens (tertiary/aromatic N) is 3. The smallest absolute Gasteiger partial charge is 0.266 e. The van der Waals surface area contributed by atoms with E-state index in [0.29, 0.717) is 24.5 Å². The number of thiophene rings is 1. The molecule has 0 bridgehead atoms. The minimum atomic E-state index is -0.157. The van der Waals surface area contributed by atoms with Gasteiger partial charge in [-0.15, -0.1) is 11.3 Å². The first kappa shape index (κ1) is 16.0. The average molecular weight is 337 g/mol. The van der Waals surface area contributed by atoms with Crippen molar-refractivity contribution >= 4 is 11.3 Å². The van der Waals surface area contributed by atoms with E-state index in [4.69, 9.17) is 10.00 Å². The summed E-state index contributed by atoms with van der Waals surface area (Å²) in [7, 11) is 0. The Hall–Kier alpha value is -2.91. The van der Waals surface area contributed by atoms with E-state index in [1.165, 1.54) is 15.6 Å². The molecule has 5 nitrogen and oxygen atoms in total. The summed E-state index contributed by atoms with van der Waals surface area (Å²) in [5, 5.41) is 13.2. The number of ether oxygens (including phenoxy) is 1. The average Bonchev–Trinajstić information content (AvgIpc) is 3.03. The topological polar surface area (TPSA) is 67.9 Å². The SMILES string of the molecule is Cc1ccc(-c2ccc(=O)n(CCOc3ccc(C#N)cc3)n2)s1. The molecule has 0 N–H and O–H groups in total. The summed E-state index contributed by atoms with van der Waals surface area (Å²) >= 11 is 1.64. The number of hydrogen-bond acceptors (Lipinski definition) is 5. The van der Waals surface area contributed by atoms with Crippen LogP contribution in [0.2, 0.25) is 0 Å². The summed E-state index contributed by atoms with van der Waals surface area (Å²) < 4.78 is 7.02. The maximum absolute atomic E-state index is 11.9. The molecule has 0 unspecified atom stereocenters. The van der Waals surface area contributed by atoms with Crippen LogP contribution in [-0.4, -0.2) is 16.4 Å². The Bertz CT molecular complexity index is 936. The van der Waals surface area contributed by atoms with Gasteiger partial charge < -0.3 is 4.74 Å². The summed E-state index contributed by atoms with van der Waals surface area (Å²) in [5.74, 6) is 0.659. The lowest BCUT2D eigenvalue weighted by atomic mass is 10.2. The van der Waals surface area contributed by atoms with Crippen molar-refractivity contribution in [1.82, 2.24) is 9.78 Å². The molecule has 3 rings (SSSR count). The van der Waals surface area contributed by atoms with E-state index < -0.39 is 0 Å². The second-order valence-electron chi connectivity index (χ2n) is 5.17. The first-order chi connectivity index (χ1) is 11.7. The largest absolute Gasteiger partial charge is 0.492 e. The Kier molecular flexibility index (Phi) is 4.73. The fraction of sp³-hybridized carbons (Fsp3) is 0.167. The highest BCUT2D eigenvalue weighted by Crippen LogP contribution is 2.24. The van der Waals surface area contributed by atoms with Crippen LogP contribution >= 0.6 is 11.3 Å². The third-order valence-electron chi connectivity index (χ3n) is 3.41. The molecule has 6 heteroatoms. The van der Waals surface area contributed by atoms with Gasteiger partial charge in [0, 0.05) is 10.9 Å². The highest BCUT2D eigenvalue weighted by atomic mass is 32.1. The van der Waals surface area contributed by atoms with Gasteiger partial charge >= 0.3 is 0 Å². The molecule has 3 aromatic rings. The molecule has 1 aromatic carbocycles. The molecule has 0 saturated carbocycles. The number of hydrogen-bond donors (Lipinski definition) is 0. The van der Waals surface area contributed by atoms with E-state index in [-0.39, 0.29) is 5.56 Å². The van der Waals surface area contributed by atoms with Crippen LogP contribution in [0.4, 0.5) is 0 Å². The molecule has 0 saturated heterocycles. The van der Waals surface area contributed by atoms with Gasteiger partial charge in [0.05, 0.1) is 23.1 Å². The van der Waals surface area contributed by atoms with Gasteiger partial charge in [-0.05, 0) is 49.4 Å². The lowest BCUT2D eigenvalue weighted by molar-refractivity contribution is 0.288. The zero-order valence-corrected chi connectivity index (χ0v) is 13.9. The van der Waals surface area contributed by atoms with Crippen molar-refractivity contribution in [3.63, 3.8) is 0 Å². The maximum atomic E-state index is 11.9. The van der Waals surface area contributed by atoms with Crippen molar-refractivity contribution in [2.45, 2.75) is 13.5 Å². The van der Waals surface area contributed by atoms with Gasteiger partial charge in [-0.3, -0.25) is 4.79 Å². The molecular formula is C18H15N3O2S. The van der Waals surface area contributed by atoms with Crippen LogP contribution < -0.4 is 10.3 Å². The summed E-state index contributed by atoms with van der Waals surface area (Å²) in [4.78, 5) is 14.2. The van der Waals surface area contributed by atoms with Crippen LogP contribution in [0.3, 0.4) is 0 Å². The van der Waals surface area contributed by atoms with Crippen molar-refractivity contribution in [2.24, 2.45) is 0 Å². The molecule has 0 atom stereocenters. The van der Waals surface area contributed by atoms with Crippen molar-refractivity contribution < 1.29 is 4.74 Å². The van der Waals surface area contributed by atoms with Gasteiger partial charge in [-0.2, -0.15) is 10.4 Å². The lowest BCUT2D eigenvalue weighted by Gasteiger charge is -2.08. The molecule has 0 amide bonds. The molecule has 0 spiro atoms. The maximum Gasteiger partial charge on any atom is 0.266 e. The Morgan fingerprint density at radius 2 is 1.96 bits per heavy atom. The Labute approximate surface area is 143 Å². The monoisotopic (exact) mass is 337 g/mol. The summed E-state index contributed by atoms with van der Waals surface area (Å²) in [6.45, 7) is 2.72. The van der Waals surface area contributed by atoms with Crippen LogP contribution in [0, 0.1) is 18.3 Å². The van der Waals surface area contributed by atoms with E-state index in [9.17, 15) is 4.79 Å². The minimum absolute atomic E-state index is 0.157. The van der Waals surface area contributed by atoms with Crippen molar-refractivity contribution in [3.8, 4) is 22.4 Å². The van der Waals surface area contributed by atoms with Crippen LogP contribution in [0.1, 0.15) is 10.4 Å². The predicted molar refractivity (Wildman–Crippen MR) is 93.2 cm³/mol. The van der Waals surface area contributed by atoms with Crippen molar-refractivity contribution in [1.29, 1.82) is 5.26 Å². The van der Waals surface area contributed by atoms with Gasteiger partial charge in [-0.1, -0.05) is 0 Å². The minimum Gasteiger partial charge on any atom is -0.492 e. The molecule has 2 aromatic heterocycles. The van der Waals surface area contributed by atoms with E-state index in [0.717, 1.165) is 10.6 Å². The van der Waals surface area contributed by atoms with Crippen molar-refractivity contribution in [2.75, 3.05) is 6.61 Å². The third kappa shape index (κ3) is 3.70. The van der Waals surface area contributed by atoms with E-state index >= 15 is 0 Å². The lowest BCUT2D eigenvalue weighted by Crippen LogP contribution is -2.25. The van der Waals surface area contributed by atoms with Gasteiger partial charge in [0.1, 0.15) is 18.1 Å². The third-order valence-corrected chi connectivity index (χ3v) is 4.44. The van der Waals surface area contributed by atoms with Gasteiger partial charge in [0.25, 0.3) is 5.56 Å². The van der Waals surface area contributed by atoms with E-state index in [1.54, 1.807) is 41.7 Å². The molecule has 0 aliphatic carbocycles. The fourth-order valence-electron chi connectivity index (χ4n) is 2.19. The normalized spacial score (nSPS) is 10.3. The second-order valence-corrected chi connectivity index (χ2v) is 6.46. The number of aryl methyl sites for hydroxylation is 1. The zero-order chi connectivity index (χ0) is 16.9. The molecule has 24 heavy (non-hydrogen) atoms. The van der Waals surface area contributed by atoms with Crippen molar-refractivity contribution in [3.05, 3.63) is 69.3 Å². The molecule has 0 aliphatic heterocycles. The summed E-state index contributed by atoms with van der Waals surface area (Å²) in [6, 6.07) is 16.2. The first-order valence-corrected chi connectivity index (χ1v) is 8.25. The number of nitriles is 1. The Morgan fingerprint density at radius 3 is 2.62 bits per heavy atom. The molecule has 120 valence electrons. The first-order valence-electron chi connectivity index (χ1n) is 7.43. The second kappa shape index (κ2) is 7.11.